The van der Waals surface area contributed by atoms with Gasteiger partial charge in [-0.15, -0.1) is 11.3 Å². The number of nitrogens with zero attached hydrogens (tertiary/aromatic N) is 1. The van der Waals surface area contributed by atoms with E-state index in [4.69, 9.17) is 4.74 Å². The zero-order valence-electron chi connectivity index (χ0n) is 17.9. The van der Waals surface area contributed by atoms with E-state index in [1.807, 2.05) is 54.8 Å². The van der Waals surface area contributed by atoms with Gasteiger partial charge in [0.15, 0.2) is 9.84 Å². The molecule has 1 N–H and O–H groups in total. The molecule has 0 spiro atoms. The minimum absolute atomic E-state index is 0.0161. The lowest BCUT2D eigenvalue weighted by Crippen LogP contribution is -2.24. The minimum Gasteiger partial charge on any atom is -0.487 e. The Kier molecular flexibility index (Phi) is 8.58. The maximum absolute atomic E-state index is 12.2. The highest BCUT2D eigenvalue weighted by molar-refractivity contribution is 7.90. The van der Waals surface area contributed by atoms with E-state index in [1.54, 1.807) is 29.5 Å². The van der Waals surface area contributed by atoms with Gasteiger partial charge in [0.25, 0.3) is 0 Å². The molecule has 6 nitrogen and oxygen atoms in total. The Morgan fingerprint density at radius 2 is 1.97 bits per heavy atom. The highest BCUT2D eigenvalue weighted by atomic mass is 32.2. The fraction of sp³-hybridized carbons (Fsp3) is 0.250. The van der Waals surface area contributed by atoms with Gasteiger partial charge in [0.2, 0.25) is 5.91 Å². The van der Waals surface area contributed by atoms with E-state index < -0.39 is 9.84 Å². The molecule has 0 saturated carbocycles. The Labute approximate surface area is 192 Å². The van der Waals surface area contributed by atoms with Gasteiger partial charge >= 0.3 is 0 Å². The molecular weight excluding hydrogens is 444 g/mol. The van der Waals surface area contributed by atoms with Crippen molar-refractivity contribution in [2.75, 3.05) is 12.3 Å². The number of amides is 1. The molecule has 8 heteroatoms. The van der Waals surface area contributed by atoms with Crippen molar-refractivity contribution < 1.29 is 17.9 Å². The number of carbonyl (C=O) groups is 1. The number of aromatic nitrogens is 1. The molecular formula is C24H26N2O4S2. The number of aryl methyl sites for hydroxylation is 1. The highest BCUT2D eigenvalue weighted by Crippen LogP contribution is 2.17. The lowest BCUT2D eigenvalue weighted by molar-refractivity contribution is -0.116. The number of nitrogens with one attached hydrogen (secondary N) is 1. The summed E-state index contributed by atoms with van der Waals surface area (Å²) in [5.41, 5.74) is 2.49. The highest BCUT2D eigenvalue weighted by Gasteiger charge is 2.11. The number of carbonyl (C=O) groups excluding carboxylic acids is 1. The van der Waals surface area contributed by atoms with Gasteiger partial charge in [-0.25, -0.2) is 13.4 Å². The van der Waals surface area contributed by atoms with E-state index in [0.29, 0.717) is 25.3 Å². The topological polar surface area (TPSA) is 85.4 Å². The van der Waals surface area contributed by atoms with Crippen molar-refractivity contribution in [1.29, 1.82) is 0 Å². The van der Waals surface area contributed by atoms with Crippen LogP contribution in [-0.4, -0.2) is 31.6 Å². The molecule has 3 aromatic rings. The smallest absolute Gasteiger partial charge is 0.243 e. The third kappa shape index (κ3) is 8.28. The molecule has 168 valence electrons. The van der Waals surface area contributed by atoms with Gasteiger partial charge in [0, 0.05) is 18.0 Å². The quantitative estimate of drug-likeness (QED) is 0.336. The molecule has 1 heterocycles. The summed E-state index contributed by atoms with van der Waals surface area (Å²) >= 11 is 1.58. The third-order valence-corrected chi connectivity index (χ3v) is 7.01. The van der Waals surface area contributed by atoms with Crippen LogP contribution < -0.4 is 10.1 Å². The molecule has 0 aliphatic carbocycles. The van der Waals surface area contributed by atoms with Gasteiger partial charge in [-0.3, -0.25) is 4.79 Å². The van der Waals surface area contributed by atoms with Crippen molar-refractivity contribution in [3.05, 3.63) is 87.9 Å². The Morgan fingerprint density at radius 1 is 1.16 bits per heavy atom. The van der Waals surface area contributed by atoms with Crippen LogP contribution in [0, 0.1) is 6.92 Å². The monoisotopic (exact) mass is 470 g/mol. The van der Waals surface area contributed by atoms with E-state index in [9.17, 15) is 13.2 Å². The maximum Gasteiger partial charge on any atom is 0.243 e. The lowest BCUT2D eigenvalue weighted by Gasteiger charge is -2.06. The average Bonchev–Trinajstić information content (AvgIpc) is 3.20. The molecule has 0 unspecified atom stereocenters. The van der Waals surface area contributed by atoms with Crippen LogP contribution in [0.15, 0.2) is 66.1 Å². The van der Waals surface area contributed by atoms with Crippen molar-refractivity contribution in [2.24, 2.45) is 0 Å². The number of rotatable bonds is 11. The molecule has 1 amide bonds. The van der Waals surface area contributed by atoms with Gasteiger partial charge in [0.05, 0.1) is 22.2 Å². The molecule has 3 rings (SSSR count). The average molecular weight is 471 g/mol. The Hall–Kier alpha value is -2.97. The van der Waals surface area contributed by atoms with Gasteiger partial charge in [-0.05, 0) is 42.7 Å². The molecule has 0 bridgehead atoms. The van der Waals surface area contributed by atoms with Crippen molar-refractivity contribution >= 4 is 33.2 Å². The zero-order chi connectivity index (χ0) is 22.8. The zero-order valence-corrected chi connectivity index (χ0v) is 19.5. The van der Waals surface area contributed by atoms with Crippen molar-refractivity contribution in [3.63, 3.8) is 0 Å². The number of hydrogen-bond acceptors (Lipinski definition) is 6. The van der Waals surface area contributed by atoms with Crippen molar-refractivity contribution in [3.8, 4) is 5.75 Å². The maximum atomic E-state index is 12.2. The summed E-state index contributed by atoms with van der Waals surface area (Å²) in [5, 5.41) is 5.69. The fourth-order valence-corrected chi connectivity index (χ4v) is 5.00. The molecule has 0 fully saturated rings. The summed E-state index contributed by atoms with van der Waals surface area (Å²) in [6, 6.07) is 16.5. The first kappa shape index (κ1) is 23.7. The van der Waals surface area contributed by atoms with Crippen LogP contribution in [-0.2, 0) is 27.0 Å². The van der Waals surface area contributed by atoms with Crippen LogP contribution in [0.25, 0.3) is 6.08 Å². The number of sulfone groups is 1. The number of hydrogen-bond donors (Lipinski definition) is 1. The van der Waals surface area contributed by atoms with Crippen molar-refractivity contribution in [1.82, 2.24) is 10.3 Å². The number of ether oxygens (including phenoxy) is 1. The van der Waals surface area contributed by atoms with Crippen LogP contribution in [0.2, 0.25) is 0 Å². The number of benzene rings is 2. The summed E-state index contributed by atoms with van der Waals surface area (Å²) in [6.45, 7) is 2.65. The first-order valence-corrected chi connectivity index (χ1v) is 12.9. The molecule has 32 heavy (non-hydrogen) atoms. The molecule has 0 radical (unpaired) electrons. The second kappa shape index (κ2) is 11.6. The Balaban J connectivity index is 1.40. The van der Waals surface area contributed by atoms with Crippen molar-refractivity contribution in [2.45, 2.75) is 25.7 Å². The summed E-state index contributed by atoms with van der Waals surface area (Å²) in [7, 11) is -3.20. The largest absolute Gasteiger partial charge is 0.487 e. The first-order valence-electron chi connectivity index (χ1n) is 10.2. The molecule has 1 aromatic heterocycles. The van der Waals surface area contributed by atoms with Crippen LogP contribution in [0.1, 0.15) is 28.2 Å². The number of thiazole rings is 1. The standard InChI is InChI=1S/C24H26N2O4S2/c1-19-26-22(17-31-19)16-30-23-10-5-9-20(15-23)11-12-24(27)25-13-6-14-32(28,29)18-21-7-3-2-4-8-21/h2-5,7-12,15,17H,6,13-14,16,18H2,1H3,(H,25,27). The van der Waals surface area contributed by atoms with E-state index >= 15 is 0 Å². The molecule has 2 aromatic carbocycles. The first-order chi connectivity index (χ1) is 15.4. The summed E-state index contributed by atoms with van der Waals surface area (Å²) in [5.74, 6) is 0.475. The third-order valence-electron chi connectivity index (χ3n) is 4.50. The predicted molar refractivity (Wildman–Crippen MR) is 128 cm³/mol. The van der Waals surface area contributed by atoms with Crippen LogP contribution >= 0.6 is 11.3 Å². The molecule has 0 atom stereocenters. The van der Waals surface area contributed by atoms with E-state index in [2.05, 4.69) is 10.3 Å². The second-order valence-corrected chi connectivity index (χ2v) is 10.5. The Bertz CT molecular complexity index is 1160. The van der Waals surface area contributed by atoms with Crippen LogP contribution in [0.5, 0.6) is 5.75 Å². The van der Waals surface area contributed by atoms with E-state index in [1.165, 1.54) is 6.08 Å². The second-order valence-electron chi connectivity index (χ2n) is 7.27. The summed E-state index contributed by atoms with van der Waals surface area (Å²) in [6.07, 6.45) is 3.50. The summed E-state index contributed by atoms with van der Waals surface area (Å²) in [4.78, 5) is 16.4. The van der Waals surface area contributed by atoms with Crippen LogP contribution in [0.3, 0.4) is 0 Å². The molecule has 0 aliphatic heterocycles. The van der Waals surface area contributed by atoms with Gasteiger partial charge in [0.1, 0.15) is 12.4 Å². The fourth-order valence-electron chi connectivity index (χ4n) is 2.97. The molecule has 0 aliphatic rings. The molecule has 0 saturated heterocycles. The Morgan fingerprint density at radius 3 is 2.72 bits per heavy atom. The van der Waals surface area contributed by atoms with Gasteiger partial charge < -0.3 is 10.1 Å². The lowest BCUT2D eigenvalue weighted by atomic mass is 10.2. The normalized spacial score (nSPS) is 11.5. The SMILES string of the molecule is Cc1nc(COc2cccc(C=CC(=O)NCCCS(=O)(=O)Cc3ccccc3)c2)cs1. The summed E-state index contributed by atoms with van der Waals surface area (Å²) < 4.78 is 30.1. The van der Waals surface area contributed by atoms with E-state index in [0.717, 1.165) is 21.8 Å². The minimum atomic E-state index is -3.20. The van der Waals surface area contributed by atoms with Crippen LogP contribution in [0.4, 0.5) is 0 Å². The van der Waals surface area contributed by atoms with E-state index in [-0.39, 0.29) is 17.4 Å². The van der Waals surface area contributed by atoms with Gasteiger partial charge in [-0.1, -0.05) is 42.5 Å². The predicted octanol–water partition coefficient (Wildman–Crippen LogP) is 4.17. The van der Waals surface area contributed by atoms with Gasteiger partial charge in [-0.2, -0.15) is 0 Å².